The molecule has 68 valence electrons. The summed E-state index contributed by atoms with van der Waals surface area (Å²) in [5.41, 5.74) is -0.612. The minimum Gasteiger partial charge on any atom is -0.339 e. The van der Waals surface area contributed by atoms with Crippen LogP contribution in [0.4, 0.5) is 0 Å². The molecule has 0 aliphatic heterocycles. The third kappa shape index (κ3) is 0.851. The van der Waals surface area contributed by atoms with Gasteiger partial charge in [-0.25, -0.2) is 9.78 Å². The van der Waals surface area contributed by atoms with Gasteiger partial charge >= 0.3 is 5.69 Å². The summed E-state index contributed by atoms with van der Waals surface area (Å²) in [6, 6.07) is 0. The summed E-state index contributed by atoms with van der Waals surface area (Å²) in [5, 5.41) is 0. The number of hydrogen-bond donors (Lipinski definition) is 1. The van der Waals surface area contributed by atoms with Crippen LogP contribution >= 0.6 is 0 Å². The Morgan fingerprint density at radius 1 is 1.46 bits per heavy atom. The molecule has 6 heteroatoms. The van der Waals surface area contributed by atoms with Gasteiger partial charge in [0.1, 0.15) is 5.52 Å². The van der Waals surface area contributed by atoms with Crippen LogP contribution in [0.2, 0.25) is 1.41 Å². The maximum absolute atomic E-state index is 11.6. The van der Waals surface area contributed by atoms with Crippen LogP contribution in [0.3, 0.4) is 0 Å². The number of nitrogens with zero attached hydrogens (tertiary/aromatic N) is 3. The van der Waals surface area contributed by atoms with Crippen molar-refractivity contribution < 1.29 is 1.41 Å². The number of hydrogen-bond acceptors (Lipinski definition) is 3. The Morgan fingerprint density at radius 3 is 2.85 bits per heavy atom. The van der Waals surface area contributed by atoms with Crippen molar-refractivity contribution in [1.82, 2.24) is 19.1 Å². The molecule has 2 aromatic heterocycles. The summed E-state index contributed by atoms with van der Waals surface area (Å²) < 4.78 is 9.57. The van der Waals surface area contributed by atoms with E-state index < -0.39 is 11.2 Å². The molecule has 2 rings (SSSR count). The molecular weight excluding hydrogens is 172 g/mol. The van der Waals surface area contributed by atoms with Crippen LogP contribution in [-0.4, -0.2) is 19.1 Å². The Balaban J connectivity index is 3.22. The van der Waals surface area contributed by atoms with Crippen LogP contribution < -0.4 is 11.2 Å². The van der Waals surface area contributed by atoms with E-state index in [1.165, 1.54) is 25.0 Å². The molecule has 0 saturated carbocycles. The van der Waals surface area contributed by atoms with Gasteiger partial charge in [-0.15, -0.1) is 0 Å². The van der Waals surface area contributed by atoms with Crippen LogP contribution in [0.25, 0.3) is 11.2 Å². The molecule has 0 atom stereocenters. The average molecular weight is 181 g/mol. The topological polar surface area (TPSA) is 72.7 Å². The molecule has 0 radical (unpaired) electrons. The number of nitrogens with one attached hydrogen (secondary N) is 1. The highest BCUT2D eigenvalue weighted by Gasteiger charge is 2.08. The van der Waals surface area contributed by atoms with Crippen molar-refractivity contribution in [2.24, 2.45) is 14.1 Å². The fraction of sp³-hybridized carbons (Fsp3) is 0.286. The minimum atomic E-state index is -0.504. The lowest BCUT2D eigenvalue weighted by atomic mass is 10.5. The lowest BCUT2D eigenvalue weighted by Gasteiger charge is -2.00. The van der Waals surface area contributed by atoms with Gasteiger partial charge in [0, 0.05) is 14.1 Å². The van der Waals surface area contributed by atoms with Crippen molar-refractivity contribution in [3.8, 4) is 0 Å². The van der Waals surface area contributed by atoms with E-state index in [9.17, 15) is 9.59 Å². The molecule has 2 heterocycles. The van der Waals surface area contributed by atoms with Crippen molar-refractivity contribution in [3.63, 3.8) is 0 Å². The standard InChI is InChI=1S/C7H8N4O2/c1-10-5-4(8-3-9-5)6(12)11(2)7(10)13/h3H,1-2H3,(H,8,9)/i/hD. The molecule has 0 aromatic carbocycles. The number of fused-ring (bicyclic) bond motifs is 1. The normalized spacial score (nSPS) is 12.0. The first kappa shape index (κ1) is 6.64. The molecule has 0 spiro atoms. The van der Waals surface area contributed by atoms with Gasteiger partial charge in [-0.05, 0) is 0 Å². The summed E-state index contributed by atoms with van der Waals surface area (Å²) in [6.07, 6.45) is 1.19. The SMILES string of the molecule is [2H]n1cnc2c1c(=O)n(C)c(=O)n2C. The van der Waals surface area contributed by atoms with Crippen LogP contribution in [0.1, 0.15) is 0 Å². The second-order valence-electron chi connectivity index (χ2n) is 2.75. The van der Waals surface area contributed by atoms with Crippen molar-refractivity contribution in [3.05, 3.63) is 27.2 Å². The van der Waals surface area contributed by atoms with Crippen LogP contribution in [0, 0.1) is 0 Å². The van der Waals surface area contributed by atoms with E-state index >= 15 is 0 Å². The molecule has 0 aliphatic carbocycles. The molecule has 2 aromatic rings. The smallest absolute Gasteiger partial charge is 0.332 e. The molecule has 6 nitrogen and oxygen atoms in total. The minimum absolute atomic E-state index is 0.106. The number of imidazole rings is 1. The molecule has 0 saturated heterocycles. The number of H-pyrrole nitrogens is 1. The number of aromatic nitrogens is 4. The lowest BCUT2D eigenvalue weighted by molar-refractivity contribution is 0.709. The van der Waals surface area contributed by atoms with Gasteiger partial charge in [-0.2, -0.15) is 0 Å². The predicted molar refractivity (Wildman–Crippen MR) is 46.6 cm³/mol. The third-order valence-electron chi connectivity index (χ3n) is 1.98. The third-order valence-corrected chi connectivity index (χ3v) is 1.98. The molecule has 13 heavy (non-hydrogen) atoms. The van der Waals surface area contributed by atoms with Crippen molar-refractivity contribution in [2.45, 2.75) is 0 Å². The largest absolute Gasteiger partial charge is 0.339 e. The van der Waals surface area contributed by atoms with E-state index in [4.69, 9.17) is 1.41 Å². The fourth-order valence-corrected chi connectivity index (χ4v) is 1.22. The first-order chi connectivity index (χ1) is 6.54. The van der Waals surface area contributed by atoms with Crippen LogP contribution in [0.15, 0.2) is 15.9 Å². The van der Waals surface area contributed by atoms with E-state index in [0.717, 1.165) is 9.54 Å². The predicted octanol–water partition coefficient (Wildman–Crippen LogP) is -1.04. The molecular formula is C7H8N4O2. The lowest BCUT2D eigenvalue weighted by Crippen LogP contribution is -2.36. The van der Waals surface area contributed by atoms with Gasteiger partial charge in [0.05, 0.1) is 6.33 Å². The number of aryl methyl sites for hydroxylation is 1. The van der Waals surface area contributed by atoms with Crippen LogP contribution in [0.5, 0.6) is 0 Å². The zero-order valence-electron chi connectivity index (χ0n) is 8.18. The van der Waals surface area contributed by atoms with Crippen molar-refractivity contribution in [1.29, 1.82) is 0 Å². The Bertz CT molecular complexity index is 621. The van der Waals surface area contributed by atoms with Gasteiger partial charge in [0.15, 0.2) is 7.06 Å². The highest BCUT2D eigenvalue weighted by Crippen LogP contribution is 1.97. The monoisotopic (exact) mass is 181 g/mol. The van der Waals surface area contributed by atoms with E-state index in [1.807, 2.05) is 0 Å². The highest BCUT2D eigenvalue weighted by atomic mass is 16.2. The van der Waals surface area contributed by atoms with E-state index in [1.54, 1.807) is 0 Å². The van der Waals surface area contributed by atoms with Gasteiger partial charge in [-0.3, -0.25) is 13.9 Å². The highest BCUT2D eigenvalue weighted by molar-refractivity contribution is 5.68. The fourth-order valence-electron chi connectivity index (χ4n) is 1.22. The Hall–Kier alpha value is -1.85. The maximum atomic E-state index is 11.6. The summed E-state index contributed by atoms with van der Waals surface area (Å²) >= 11 is 0. The Labute approximate surface area is 73.9 Å². The number of aromatic amines is 1. The first-order valence-electron chi connectivity index (χ1n) is 4.11. The maximum Gasteiger partial charge on any atom is 0.332 e. The molecule has 0 fully saturated rings. The summed E-state index contributed by atoms with van der Waals surface area (Å²) in [4.78, 5) is 27.6. The summed E-state index contributed by atoms with van der Waals surface area (Å²) in [5.74, 6) is 0. The molecule has 1 N–H and O–H groups in total. The van der Waals surface area contributed by atoms with Gasteiger partial charge in [0.2, 0.25) is 0 Å². The zero-order valence-corrected chi connectivity index (χ0v) is 7.18. The van der Waals surface area contributed by atoms with Crippen LogP contribution in [-0.2, 0) is 14.1 Å². The second-order valence-corrected chi connectivity index (χ2v) is 2.75. The van der Waals surface area contributed by atoms with E-state index in [2.05, 4.69) is 4.98 Å². The van der Waals surface area contributed by atoms with Gasteiger partial charge < -0.3 is 4.98 Å². The van der Waals surface area contributed by atoms with E-state index in [0.29, 0.717) is 0 Å². The number of rotatable bonds is 0. The Kier molecular flexibility index (Phi) is 1.18. The summed E-state index contributed by atoms with van der Waals surface area (Å²) in [6.45, 7) is 0. The molecule has 0 bridgehead atoms. The second kappa shape index (κ2) is 2.32. The van der Waals surface area contributed by atoms with E-state index in [-0.39, 0.29) is 11.2 Å². The van der Waals surface area contributed by atoms with Gasteiger partial charge in [-0.1, -0.05) is 0 Å². The quantitative estimate of drug-likeness (QED) is 0.564. The molecule has 0 amide bonds. The zero-order chi connectivity index (χ0) is 10.5. The molecule has 0 aliphatic rings. The summed E-state index contributed by atoms with van der Waals surface area (Å²) in [7, 11) is 2.88. The van der Waals surface area contributed by atoms with Crippen molar-refractivity contribution in [2.75, 3.05) is 0 Å². The average Bonchev–Trinajstić information content (AvgIpc) is 2.54. The Morgan fingerprint density at radius 2 is 2.15 bits per heavy atom. The van der Waals surface area contributed by atoms with Crippen molar-refractivity contribution >= 4 is 11.2 Å². The molecule has 0 unspecified atom stereocenters. The van der Waals surface area contributed by atoms with Gasteiger partial charge in [0.25, 0.3) is 5.56 Å². The first-order valence-corrected chi connectivity index (χ1v) is 3.66.